The van der Waals surface area contributed by atoms with E-state index in [0.717, 1.165) is 0 Å². The van der Waals surface area contributed by atoms with Crippen molar-refractivity contribution in [3.63, 3.8) is 0 Å². The summed E-state index contributed by atoms with van der Waals surface area (Å²) in [6, 6.07) is 0. The predicted octanol–water partition coefficient (Wildman–Crippen LogP) is 1.93. The quantitative estimate of drug-likeness (QED) is 0.407. The Balaban J connectivity index is 2.81. The number of hydrogen-bond donors (Lipinski definition) is 0. The Kier molecular flexibility index (Phi) is 3.79. The summed E-state index contributed by atoms with van der Waals surface area (Å²) in [7, 11) is 0. The molecule has 0 saturated heterocycles. The topological polar surface area (TPSA) is 0 Å². The molecule has 0 aliphatic carbocycles. The van der Waals surface area contributed by atoms with Gasteiger partial charge in [-0.3, -0.25) is 0 Å². The average molecular weight is 141 g/mol. The summed E-state index contributed by atoms with van der Waals surface area (Å²) in [5, 5.41) is 0. The summed E-state index contributed by atoms with van der Waals surface area (Å²) < 4.78 is 0. The van der Waals surface area contributed by atoms with Gasteiger partial charge in [-0.15, -0.1) is 0 Å². The van der Waals surface area contributed by atoms with Crippen molar-refractivity contribution >= 4 is 16.2 Å². The molecule has 0 fully saturated rings. The first-order chi connectivity index (χ1) is 2.77. The molecular formula is C5H11Ga. The molecule has 34 valence electrons. The van der Waals surface area contributed by atoms with E-state index < -0.39 is 16.2 Å². The zero-order valence-electron chi connectivity index (χ0n) is 4.57. The monoisotopic (exact) mass is 140 g/mol. The van der Waals surface area contributed by atoms with E-state index in [1.54, 1.807) is 0 Å². The summed E-state index contributed by atoms with van der Waals surface area (Å²) in [6.45, 7) is 3.65. The molecule has 0 rings (SSSR count). The van der Waals surface area contributed by atoms with Gasteiger partial charge in [0.05, 0.1) is 0 Å². The van der Waals surface area contributed by atoms with Gasteiger partial charge < -0.3 is 0 Å². The molecule has 6 heavy (non-hydrogen) atoms. The zero-order chi connectivity index (χ0) is 4.99. The predicted molar refractivity (Wildman–Crippen MR) is 32.5 cm³/mol. The molecule has 0 aromatic carbocycles. The van der Waals surface area contributed by atoms with Gasteiger partial charge in [-0.25, -0.2) is 0 Å². The molecule has 0 aromatic rings. The van der Waals surface area contributed by atoms with Gasteiger partial charge in [0.1, 0.15) is 0 Å². The molecule has 0 aromatic heterocycles. The third kappa shape index (κ3) is 4.38. The normalized spacial score (nSPS) is 7.67. The second kappa shape index (κ2) is 3.56. The van der Waals surface area contributed by atoms with E-state index in [1.807, 2.05) is 6.08 Å². The minimum atomic E-state index is -0.663. The molecule has 0 unspecified atom stereocenters. The van der Waals surface area contributed by atoms with Crippen LogP contribution in [-0.2, 0) is 0 Å². The van der Waals surface area contributed by atoms with Gasteiger partial charge in [0, 0.05) is 0 Å². The molecule has 0 bridgehead atoms. The zero-order valence-corrected chi connectivity index (χ0v) is 6.99. The van der Waals surface area contributed by atoms with Gasteiger partial charge in [0.15, 0.2) is 0 Å². The molecule has 0 amide bonds. The van der Waals surface area contributed by atoms with Crippen molar-refractivity contribution < 1.29 is 0 Å². The van der Waals surface area contributed by atoms with Gasteiger partial charge in [-0.1, -0.05) is 0 Å². The van der Waals surface area contributed by atoms with Crippen molar-refractivity contribution in [1.29, 1.82) is 0 Å². The van der Waals surface area contributed by atoms with Crippen LogP contribution in [0.4, 0.5) is 0 Å². The van der Waals surface area contributed by atoms with Crippen LogP contribution >= 0.6 is 0 Å². The molecule has 0 atom stereocenters. The fourth-order valence-corrected chi connectivity index (χ4v) is 1.73. The van der Waals surface area contributed by atoms with Crippen molar-refractivity contribution in [3.05, 3.63) is 12.7 Å². The molecule has 0 heterocycles. The molecule has 0 radical (unpaired) electrons. The van der Waals surface area contributed by atoms with Gasteiger partial charge in [-0.05, 0) is 0 Å². The fraction of sp³-hybridized carbons (Fsp3) is 0.600. The van der Waals surface area contributed by atoms with Crippen LogP contribution in [0.3, 0.4) is 0 Å². The van der Waals surface area contributed by atoms with Crippen LogP contribution in [-0.4, -0.2) is 16.2 Å². The van der Waals surface area contributed by atoms with Crippen LogP contribution in [0.5, 0.6) is 0 Å². The van der Waals surface area contributed by atoms with Crippen molar-refractivity contribution in [3.8, 4) is 0 Å². The van der Waals surface area contributed by atoms with Gasteiger partial charge in [-0.2, -0.15) is 0 Å². The first-order valence-electron chi connectivity index (χ1n) is 2.38. The Morgan fingerprint density at radius 3 is 2.17 bits per heavy atom. The van der Waals surface area contributed by atoms with E-state index in [4.69, 9.17) is 0 Å². The Bertz CT molecular complexity index is 39.2. The van der Waals surface area contributed by atoms with Crippen LogP contribution in [0.15, 0.2) is 12.7 Å². The average Bonchev–Trinajstić information content (AvgIpc) is 1.35. The van der Waals surface area contributed by atoms with Crippen molar-refractivity contribution in [2.24, 2.45) is 0 Å². The fourth-order valence-electron chi connectivity index (χ4n) is 0.333. The first kappa shape index (κ1) is 6.38. The van der Waals surface area contributed by atoms with Gasteiger partial charge in [0.25, 0.3) is 0 Å². The summed E-state index contributed by atoms with van der Waals surface area (Å²) in [5.41, 5.74) is 4.74. The molecule has 0 saturated carbocycles. The molecule has 0 N–H and O–H groups in total. The maximum atomic E-state index is 3.65. The molecule has 0 aliphatic heterocycles. The van der Waals surface area contributed by atoms with Gasteiger partial charge in [0.2, 0.25) is 0 Å². The van der Waals surface area contributed by atoms with E-state index >= 15 is 0 Å². The standard InChI is InChI=1S/C3H5.2CH3.Ga/c1-3-2;;;/h3H,1-2H2;2*1H3;. The third-order valence-corrected chi connectivity index (χ3v) is 3.32. The Hall–Kier alpha value is 0.376. The maximum absolute atomic E-state index is 3.65. The number of hydrogen-bond acceptors (Lipinski definition) is 0. The Morgan fingerprint density at radius 2 is 2.17 bits per heavy atom. The van der Waals surface area contributed by atoms with E-state index in [2.05, 4.69) is 17.5 Å². The number of rotatable bonds is 2. The van der Waals surface area contributed by atoms with E-state index in [0.29, 0.717) is 0 Å². The van der Waals surface area contributed by atoms with Crippen molar-refractivity contribution in [1.82, 2.24) is 0 Å². The van der Waals surface area contributed by atoms with Crippen molar-refractivity contribution in [2.45, 2.75) is 15.9 Å². The van der Waals surface area contributed by atoms with E-state index in [1.165, 1.54) is 4.98 Å². The molecular weight excluding hydrogens is 130 g/mol. The first-order valence-corrected chi connectivity index (χ1v) is 8.94. The van der Waals surface area contributed by atoms with Crippen LogP contribution in [0, 0.1) is 0 Å². The number of allylic oxidation sites excluding steroid dienone is 1. The Labute approximate surface area is 45.3 Å². The summed E-state index contributed by atoms with van der Waals surface area (Å²) in [4.78, 5) is 1.33. The Morgan fingerprint density at radius 1 is 1.67 bits per heavy atom. The molecule has 1 heteroatoms. The third-order valence-electron chi connectivity index (χ3n) is 0.638. The van der Waals surface area contributed by atoms with E-state index in [9.17, 15) is 0 Å². The molecule has 0 nitrogen and oxygen atoms in total. The van der Waals surface area contributed by atoms with Crippen LogP contribution in [0.1, 0.15) is 0 Å². The van der Waals surface area contributed by atoms with Gasteiger partial charge >= 0.3 is 44.8 Å². The summed E-state index contributed by atoms with van der Waals surface area (Å²) in [5.74, 6) is 0. The van der Waals surface area contributed by atoms with E-state index in [-0.39, 0.29) is 0 Å². The molecule has 0 aliphatic rings. The second-order valence-corrected chi connectivity index (χ2v) is 8.76. The molecule has 0 spiro atoms. The second-order valence-electron chi connectivity index (χ2n) is 1.92. The SMILES string of the molecule is C=C[CH2][Ga]([CH3])[CH3]. The summed E-state index contributed by atoms with van der Waals surface area (Å²) >= 11 is -0.663. The van der Waals surface area contributed by atoms with Crippen LogP contribution in [0.25, 0.3) is 0 Å². The summed E-state index contributed by atoms with van der Waals surface area (Å²) in [6.07, 6.45) is 2.03. The van der Waals surface area contributed by atoms with Crippen LogP contribution < -0.4 is 0 Å². The minimum absolute atomic E-state index is 0.663. The van der Waals surface area contributed by atoms with Crippen LogP contribution in [0.2, 0.25) is 15.9 Å². The van der Waals surface area contributed by atoms with Crippen molar-refractivity contribution in [2.75, 3.05) is 0 Å².